The molecule has 4 atom stereocenters. The second kappa shape index (κ2) is 6.55. The van der Waals surface area contributed by atoms with E-state index in [9.17, 15) is 10.2 Å². The third-order valence-corrected chi connectivity index (χ3v) is 5.58. The molecule has 3 heterocycles. The van der Waals surface area contributed by atoms with Crippen molar-refractivity contribution < 1.29 is 14.9 Å². The van der Waals surface area contributed by atoms with Crippen molar-refractivity contribution in [2.24, 2.45) is 0 Å². The number of aromatic nitrogens is 4. The van der Waals surface area contributed by atoms with Crippen LogP contribution in [-0.2, 0) is 4.74 Å². The molecule has 2 aromatic heterocycles. The average molecular weight is 340 g/mol. The van der Waals surface area contributed by atoms with Crippen LogP contribution in [0.25, 0.3) is 11.2 Å². The molecule has 1 fully saturated rings. The Kier molecular flexibility index (Phi) is 4.69. The van der Waals surface area contributed by atoms with Crippen molar-refractivity contribution in [3.63, 3.8) is 0 Å². The quantitative estimate of drug-likeness (QED) is 0.365. The van der Waals surface area contributed by atoms with Gasteiger partial charge in [0.25, 0.3) is 0 Å². The molecule has 118 valence electrons. The first-order valence-corrected chi connectivity index (χ1v) is 9.05. The number of nitrogens with zero attached hydrogens (tertiary/aromatic N) is 4. The fourth-order valence-electron chi connectivity index (χ4n) is 2.27. The molecule has 0 amide bonds. The first kappa shape index (κ1) is 15.8. The number of rotatable bonds is 5. The van der Waals surface area contributed by atoms with E-state index < -0.39 is 24.5 Å². The highest BCUT2D eigenvalue weighted by Gasteiger charge is 2.42. The lowest BCUT2D eigenvalue weighted by Crippen LogP contribution is -2.30. The highest BCUT2D eigenvalue weighted by atomic mass is 33.1. The van der Waals surface area contributed by atoms with Gasteiger partial charge in [-0.1, -0.05) is 16.9 Å². The fraction of sp³-hybridized carbons (Fsp3) is 0.462. The summed E-state index contributed by atoms with van der Waals surface area (Å²) >= 11 is 0. The summed E-state index contributed by atoms with van der Waals surface area (Å²) in [6.45, 7) is 5.40. The van der Waals surface area contributed by atoms with Crippen LogP contribution in [0.15, 0.2) is 30.3 Å². The summed E-state index contributed by atoms with van der Waals surface area (Å²) in [4.78, 5) is 12.8. The SMILES string of the molecule is C=CCSSc1ncnc2c1ncn2[C@H]1O[C@@H](C)C(O)C1O. The van der Waals surface area contributed by atoms with E-state index in [1.54, 1.807) is 28.6 Å². The van der Waals surface area contributed by atoms with E-state index in [1.165, 1.54) is 17.1 Å². The number of aliphatic hydroxyl groups is 2. The number of fused-ring (bicyclic) bond motifs is 1. The topological polar surface area (TPSA) is 93.3 Å². The van der Waals surface area contributed by atoms with Crippen molar-refractivity contribution >= 4 is 32.8 Å². The van der Waals surface area contributed by atoms with Crippen molar-refractivity contribution in [2.75, 3.05) is 5.75 Å². The summed E-state index contributed by atoms with van der Waals surface area (Å²) in [7, 11) is 3.10. The Balaban J connectivity index is 1.92. The first-order chi connectivity index (χ1) is 10.6. The average Bonchev–Trinajstić information content (AvgIpc) is 3.05. The molecule has 2 N–H and O–H groups in total. The molecular formula is C13H16N4O3S2. The highest BCUT2D eigenvalue weighted by molar-refractivity contribution is 8.76. The van der Waals surface area contributed by atoms with Gasteiger partial charge in [-0.3, -0.25) is 4.57 Å². The molecular weight excluding hydrogens is 324 g/mol. The van der Waals surface area contributed by atoms with Gasteiger partial charge in [0, 0.05) is 5.75 Å². The molecule has 9 heteroatoms. The Hall–Kier alpha value is -1.13. The first-order valence-electron chi connectivity index (χ1n) is 6.73. The van der Waals surface area contributed by atoms with Gasteiger partial charge in [-0.15, -0.1) is 6.58 Å². The Bertz CT molecular complexity index is 680. The molecule has 22 heavy (non-hydrogen) atoms. The summed E-state index contributed by atoms with van der Waals surface area (Å²) in [5, 5.41) is 20.7. The zero-order valence-electron chi connectivity index (χ0n) is 11.9. The zero-order chi connectivity index (χ0) is 15.7. The molecule has 0 aliphatic carbocycles. The van der Waals surface area contributed by atoms with Crippen LogP contribution in [0.5, 0.6) is 0 Å². The van der Waals surface area contributed by atoms with E-state index in [4.69, 9.17) is 4.74 Å². The molecule has 1 aliphatic heterocycles. The molecule has 0 aromatic carbocycles. The van der Waals surface area contributed by atoms with Crippen LogP contribution in [0, 0.1) is 0 Å². The molecule has 0 radical (unpaired) electrons. The molecule has 0 bridgehead atoms. The summed E-state index contributed by atoms with van der Waals surface area (Å²) < 4.78 is 7.25. The number of imidazole rings is 1. The normalized spacial score (nSPS) is 28.3. The van der Waals surface area contributed by atoms with Crippen molar-refractivity contribution in [1.29, 1.82) is 0 Å². The number of aliphatic hydroxyl groups excluding tert-OH is 2. The van der Waals surface area contributed by atoms with Crippen LogP contribution in [0.4, 0.5) is 0 Å². The number of hydrogen-bond donors (Lipinski definition) is 2. The van der Waals surface area contributed by atoms with E-state index in [2.05, 4.69) is 21.5 Å². The fourth-order valence-corrected chi connectivity index (χ4v) is 4.06. The van der Waals surface area contributed by atoms with Crippen LogP contribution in [-0.4, -0.2) is 53.8 Å². The number of ether oxygens (including phenoxy) is 1. The summed E-state index contributed by atoms with van der Waals surface area (Å²) in [5.41, 5.74) is 1.22. The predicted molar refractivity (Wildman–Crippen MR) is 85.4 cm³/mol. The van der Waals surface area contributed by atoms with Gasteiger partial charge >= 0.3 is 0 Å². The van der Waals surface area contributed by atoms with Gasteiger partial charge in [-0.25, -0.2) is 15.0 Å². The zero-order valence-corrected chi connectivity index (χ0v) is 13.5. The summed E-state index contributed by atoms with van der Waals surface area (Å²) in [5.74, 6) is 0.797. The highest BCUT2D eigenvalue weighted by Crippen LogP contribution is 2.35. The number of hydrogen-bond acceptors (Lipinski definition) is 8. The van der Waals surface area contributed by atoms with E-state index in [0.29, 0.717) is 11.2 Å². The van der Waals surface area contributed by atoms with Gasteiger partial charge in [0.1, 0.15) is 29.1 Å². The lowest BCUT2D eigenvalue weighted by atomic mass is 10.1. The van der Waals surface area contributed by atoms with Gasteiger partial charge in [-0.2, -0.15) is 0 Å². The van der Waals surface area contributed by atoms with E-state index in [1.807, 2.05) is 6.08 Å². The summed E-state index contributed by atoms with van der Waals surface area (Å²) in [6, 6.07) is 0. The van der Waals surface area contributed by atoms with Crippen LogP contribution in [0.2, 0.25) is 0 Å². The Morgan fingerprint density at radius 1 is 1.36 bits per heavy atom. The molecule has 2 aromatic rings. The van der Waals surface area contributed by atoms with Crippen LogP contribution < -0.4 is 0 Å². The van der Waals surface area contributed by atoms with Gasteiger partial charge in [-0.05, 0) is 17.7 Å². The second-order valence-corrected chi connectivity index (χ2v) is 7.20. The Morgan fingerprint density at radius 3 is 2.86 bits per heavy atom. The standard InChI is InChI=1S/C13H16N4O3S2/c1-3-4-21-22-12-8-11(14-5-15-12)17(6-16-8)13-10(19)9(18)7(2)20-13/h3,5-7,9-10,13,18-19H,1,4H2,2H3/t7-,9?,10?,13-/m0/s1. The minimum atomic E-state index is -1.02. The van der Waals surface area contributed by atoms with Crippen molar-refractivity contribution in [2.45, 2.75) is 36.5 Å². The van der Waals surface area contributed by atoms with Crippen LogP contribution in [0.1, 0.15) is 13.2 Å². The molecule has 2 unspecified atom stereocenters. The van der Waals surface area contributed by atoms with Crippen molar-refractivity contribution in [3.8, 4) is 0 Å². The molecule has 1 saturated heterocycles. The molecule has 3 rings (SSSR count). The van der Waals surface area contributed by atoms with Crippen molar-refractivity contribution in [3.05, 3.63) is 25.3 Å². The third-order valence-electron chi connectivity index (χ3n) is 3.40. The smallest absolute Gasteiger partial charge is 0.166 e. The van der Waals surface area contributed by atoms with Gasteiger partial charge in [0.2, 0.25) is 0 Å². The minimum absolute atomic E-state index is 0.448. The van der Waals surface area contributed by atoms with E-state index in [0.717, 1.165) is 10.8 Å². The lowest BCUT2D eigenvalue weighted by molar-refractivity contribution is -0.0299. The summed E-state index contributed by atoms with van der Waals surface area (Å²) in [6.07, 6.45) is 1.73. The van der Waals surface area contributed by atoms with Gasteiger partial charge in [0.05, 0.1) is 12.4 Å². The van der Waals surface area contributed by atoms with E-state index in [-0.39, 0.29) is 0 Å². The third kappa shape index (κ3) is 2.74. The van der Waals surface area contributed by atoms with Crippen LogP contribution in [0.3, 0.4) is 0 Å². The Morgan fingerprint density at radius 2 is 2.18 bits per heavy atom. The molecule has 0 saturated carbocycles. The molecule has 0 spiro atoms. The molecule has 1 aliphatic rings. The maximum absolute atomic E-state index is 10.1. The van der Waals surface area contributed by atoms with E-state index >= 15 is 0 Å². The second-order valence-electron chi connectivity index (χ2n) is 4.87. The Labute approximate surface area is 135 Å². The maximum atomic E-state index is 10.1. The van der Waals surface area contributed by atoms with Gasteiger partial charge < -0.3 is 14.9 Å². The van der Waals surface area contributed by atoms with Crippen molar-refractivity contribution in [1.82, 2.24) is 19.5 Å². The maximum Gasteiger partial charge on any atom is 0.166 e. The lowest BCUT2D eigenvalue weighted by Gasteiger charge is -2.16. The molecule has 7 nitrogen and oxygen atoms in total. The monoisotopic (exact) mass is 340 g/mol. The van der Waals surface area contributed by atoms with Crippen LogP contribution >= 0.6 is 21.6 Å². The largest absolute Gasteiger partial charge is 0.388 e. The minimum Gasteiger partial charge on any atom is -0.388 e. The predicted octanol–water partition coefficient (Wildman–Crippen LogP) is 1.39. The van der Waals surface area contributed by atoms with Gasteiger partial charge in [0.15, 0.2) is 11.9 Å².